The summed E-state index contributed by atoms with van der Waals surface area (Å²) in [5, 5.41) is 0. The number of hydrogen-bond donors (Lipinski definition) is 0. The van der Waals surface area contributed by atoms with Crippen molar-refractivity contribution < 1.29 is 19.1 Å². The second-order valence-corrected chi connectivity index (χ2v) is 7.73. The van der Waals surface area contributed by atoms with Crippen LogP contribution in [0, 0.1) is 5.92 Å². The Morgan fingerprint density at radius 2 is 1.19 bits per heavy atom. The van der Waals surface area contributed by atoms with Gasteiger partial charge in [0.2, 0.25) is 0 Å². The number of benzene rings is 3. The van der Waals surface area contributed by atoms with Crippen LogP contribution in [0.1, 0.15) is 26.3 Å². The van der Waals surface area contributed by atoms with Gasteiger partial charge in [-0.15, -0.1) is 0 Å². The van der Waals surface area contributed by atoms with E-state index in [1.165, 1.54) is 0 Å². The molecule has 0 atom stereocenters. The molecule has 0 saturated heterocycles. The van der Waals surface area contributed by atoms with Gasteiger partial charge in [0.1, 0.15) is 12.4 Å². The second kappa shape index (κ2) is 9.90. The monoisotopic (exact) mass is 414 g/mol. The molecule has 0 saturated carbocycles. The van der Waals surface area contributed by atoms with Gasteiger partial charge >= 0.3 is 11.9 Å². The molecule has 0 N–H and O–H groups in total. The lowest BCUT2D eigenvalue weighted by Gasteiger charge is -2.09. The van der Waals surface area contributed by atoms with Crippen molar-refractivity contribution in [2.24, 2.45) is 5.92 Å². The van der Waals surface area contributed by atoms with Crippen molar-refractivity contribution in [2.75, 3.05) is 0 Å². The van der Waals surface area contributed by atoms with Crippen molar-refractivity contribution in [3.05, 3.63) is 90.5 Å². The van der Waals surface area contributed by atoms with Crippen LogP contribution in [0.5, 0.6) is 5.75 Å². The molecule has 3 rings (SSSR count). The van der Waals surface area contributed by atoms with Gasteiger partial charge in [-0.2, -0.15) is 0 Å². The molecule has 0 spiro atoms. The van der Waals surface area contributed by atoms with E-state index in [0.29, 0.717) is 11.3 Å². The quantitative estimate of drug-likeness (QED) is 0.262. The average molecular weight is 415 g/mol. The molecule has 0 aromatic heterocycles. The van der Waals surface area contributed by atoms with Gasteiger partial charge in [-0.05, 0) is 46.9 Å². The number of carbonyl (C=O) groups excluding carboxylic acids is 2. The van der Waals surface area contributed by atoms with Crippen LogP contribution in [0.3, 0.4) is 0 Å². The first-order valence-corrected chi connectivity index (χ1v) is 10.2. The minimum absolute atomic E-state index is 0.160. The molecule has 158 valence electrons. The maximum absolute atomic E-state index is 11.7. The molecule has 0 bridgehead atoms. The fourth-order valence-electron chi connectivity index (χ4n) is 2.87. The summed E-state index contributed by atoms with van der Waals surface area (Å²) in [6.45, 7) is 9.06. The number of esters is 2. The first-order chi connectivity index (χ1) is 14.8. The van der Waals surface area contributed by atoms with E-state index >= 15 is 0 Å². The van der Waals surface area contributed by atoms with Crippen molar-refractivity contribution in [1.82, 2.24) is 0 Å². The maximum atomic E-state index is 11.7. The largest absolute Gasteiger partial charge is 0.457 e. The molecule has 4 heteroatoms. The zero-order chi connectivity index (χ0) is 22.4. The average Bonchev–Trinajstić information content (AvgIpc) is 2.78. The van der Waals surface area contributed by atoms with Crippen LogP contribution in [-0.2, 0) is 20.9 Å². The van der Waals surface area contributed by atoms with E-state index in [9.17, 15) is 9.59 Å². The van der Waals surface area contributed by atoms with Crippen molar-refractivity contribution in [1.29, 1.82) is 0 Å². The van der Waals surface area contributed by atoms with Crippen molar-refractivity contribution in [3.8, 4) is 28.0 Å². The molecule has 3 aromatic rings. The third kappa shape index (κ3) is 5.92. The molecule has 0 aliphatic heterocycles. The Kier molecular flexibility index (Phi) is 7.03. The van der Waals surface area contributed by atoms with Gasteiger partial charge in [-0.25, -0.2) is 4.79 Å². The zero-order valence-corrected chi connectivity index (χ0v) is 18.1. The van der Waals surface area contributed by atoms with E-state index < -0.39 is 0 Å². The van der Waals surface area contributed by atoms with Gasteiger partial charge in [0.05, 0.1) is 5.92 Å². The Bertz CT molecular complexity index is 1060. The summed E-state index contributed by atoms with van der Waals surface area (Å²) < 4.78 is 10.5. The van der Waals surface area contributed by atoms with Crippen LogP contribution in [0.4, 0.5) is 0 Å². The summed E-state index contributed by atoms with van der Waals surface area (Å²) >= 11 is 0. The number of rotatable bonds is 7. The van der Waals surface area contributed by atoms with Gasteiger partial charge in [0.25, 0.3) is 0 Å². The van der Waals surface area contributed by atoms with E-state index in [2.05, 4.69) is 30.8 Å². The molecule has 31 heavy (non-hydrogen) atoms. The molecule has 0 unspecified atom stereocenters. The van der Waals surface area contributed by atoms with Gasteiger partial charge in [0, 0.05) is 5.57 Å². The number of carbonyl (C=O) groups is 2. The number of hydrogen-bond acceptors (Lipinski definition) is 4. The predicted octanol–water partition coefficient (Wildman–Crippen LogP) is 6.20. The highest BCUT2D eigenvalue weighted by atomic mass is 16.5. The van der Waals surface area contributed by atoms with Crippen molar-refractivity contribution in [3.63, 3.8) is 0 Å². The number of ether oxygens (including phenoxy) is 2. The molecule has 0 amide bonds. The van der Waals surface area contributed by atoms with Crippen molar-refractivity contribution in [2.45, 2.75) is 27.4 Å². The summed E-state index contributed by atoms with van der Waals surface area (Å²) in [5.41, 5.74) is 5.62. The van der Waals surface area contributed by atoms with Crippen LogP contribution >= 0.6 is 0 Å². The SMILES string of the molecule is C=C(C)C(=O)OCc1ccc(-c2ccc(-c3ccc(OC(=O)C(C)C)cc3)cc2)cc1. The standard InChI is InChI=1S/C27H26O4/c1-18(2)26(28)30-17-20-5-7-21(8-6-20)22-9-11-23(12-10-22)24-13-15-25(16-14-24)31-27(29)19(3)4/h5-16,19H,1,17H2,2-4H3. The minimum Gasteiger partial charge on any atom is -0.457 e. The van der Waals surface area contributed by atoms with E-state index in [1.54, 1.807) is 6.92 Å². The third-order valence-electron chi connectivity index (χ3n) is 4.77. The Morgan fingerprint density at radius 3 is 1.61 bits per heavy atom. The van der Waals surface area contributed by atoms with E-state index in [4.69, 9.17) is 9.47 Å². The summed E-state index contributed by atoms with van der Waals surface area (Å²) in [6.07, 6.45) is 0. The summed E-state index contributed by atoms with van der Waals surface area (Å²) in [5.74, 6) is -0.233. The van der Waals surface area contributed by atoms with Crippen LogP contribution in [0.2, 0.25) is 0 Å². The molecule has 4 nitrogen and oxygen atoms in total. The van der Waals surface area contributed by atoms with Gasteiger partial charge in [0.15, 0.2) is 0 Å². The lowest BCUT2D eigenvalue weighted by molar-refractivity contribution is -0.140. The van der Waals surface area contributed by atoms with Crippen molar-refractivity contribution >= 4 is 11.9 Å². The van der Waals surface area contributed by atoms with Gasteiger partial charge in [-0.1, -0.05) is 81.1 Å². The first-order valence-electron chi connectivity index (χ1n) is 10.2. The Balaban J connectivity index is 1.65. The summed E-state index contributed by atoms with van der Waals surface area (Å²) in [4.78, 5) is 23.2. The second-order valence-electron chi connectivity index (χ2n) is 7.73. The lowest BCUT2D eigenvalue weighted by atomic mass is 9.99. The van der Waals surface area contributed by atoms with Gasteiger partial charge < -0.3 is 9.47 Å². The molecule has 3 aromatic carbocycles. The first kappa shape index (κ1) is 22.0. The van der Waals surface area contributed by atoms with Crippen LogP contribution in [-0.4, -0.2) is 11.9 Å². The van der Waals surface area contributed by atoms with Crippen LogP contribution in [0.25, 0.3) is 22.3 Å². The van der Waals surface area contributed by atoms with Crippen LogP contribution in [0.15, 0.2) is 84.9 Å². The minimum atomic E-state index is -0.384. The molecule has 0 aliphatic rings. The third-order valence-corrected chi connectivity index (χ3v) is 4.77. The fraction of sp³-hybridized carbons (Fsp3) is 0.185. The van der Waals surface area contributed by atoms with Gasteiger partial charge in [-0.3, -0.25) is 4.79 Å². The molecule has 0 fully saturated rings. The lowest BCUT2D eigenvalue weighted by Crippen LogP contribution is -2.14. The molecule has 0 radical (unpaired) electrons. The Morgan fingerprint density at radius 1 is 0.774 bits per heavy atom. The summed E-state index contributed by atoms with van der Waals surface area (Å²) in [7, 11) is 0. The highest BCUT2D eigenvalue weighted by Crippen LogP contribution is 2.27. The maximum Gasteiger partial charge on any atom is 0.333 e. The fourth-order valence-corrected chi connectivity index (χ4v) is 2.87. The normalized spacial score (nSPS) is 10.6. The Labute approximate surface area is 183 Å². The van der Waals surface area contributed by atoms with Crippen LogP contribution < -0.4 is 4.74 Å². The van der Waals surface area contributed by atoms with E-state index in [-0.39, 0.29) is 24.5 Å². The highest BCUT2D eigenvalue weighted by molar-refractivity contribution is 5.86. The zero-order valence-electron chi connectivity index (χ0n) is 18.1. The predicted molar refractivity (Wildman–Crippen MR) is 122 cm³/mol. The van der Waals surface area contributed by atoms with E-state index in [0.717, 1.165) is 27.8 Å². The smallest absolute Gasteiger partial charge is 0.333 e. The topological polar surface area (TPSA) is 52.6 Å². The molecular formula is C27H26O4. The highest BCUT2D eigenvalue weighted by Gasteiger charge is 2.10. The molecule has 0 heterocycles. The van der Waals surface area contributed by atoms with E-state index in [1.807, 2.05) is 62.4 Å². The Hall–Kier alpha value is -3.66. The molecular weight excluding hydrogens is 388 g/mol. The molecule has 0 aliphatic carbocycles. The summed E-state index contributed by atoms with van der Waals surface area (Å²) in [6, 6.07) is 23.7.